The first-order valence-electron chi connectivity index (χ1n) is 3.90. The Labute approximate surface area is 70.2 Å². The van der Waals surface area contributed by atoms with Crippen molar-refractivity contribution in [3.05, 3.63) is 18.0 Å². The Morgan fingerprint density at radius 1 is 1.58 bits per heavy atom. The van der Waals surface area contributed by atoms with Crippen LogP contribution in [-0.4, -0.2) is 16.2 Å². The number of hydrogen-bond acceptors (Lipinski definition) is 3. The zero-order chi connectivity index (χ0) is 8.81. The molecular formula is C8H11NO3. The highest BCUT2D eigenvalue weighted by molar-refractivity contribution is 5.66. The minimum atomic E-state index is -0.741. The van der Waals surface area contributed by atoms with Crippen LogP contribution in [0.5, 0.6) is 0 Å². The van der Waals surface area contributed by atoms with Crippen molar-refractivity contribution in [3.8, 4) is 0 Å². The first-order valence-corrected chi connectivity index (χ1v) is 3.90. The Morgan fingerprint density at radius 2 is 2.42 bits per heavy atom. The molecule has 1 N–H and O–H groups in total. The monoisotopic (exact) mass is 169 g/mol. The van der Waals surface area contributed by atoms with Crippen LogP contribution >= 0.6 is 0 Å². The van der Waals surface area contributed by atoms with Gasteiger partial charge in [0.15, 0.2) is 0 Å². The molecule has 0 saturated carbocycles. The number of unbranched alkanes of at least 4 members (excludes halogenated alkanes) is 1. The molecule has 4 nitrogen and oxygen atoms in total. The van der Waals surface area contributed by atoms with Crippen LogP contribution < -0.4 is 0 Å². The molecule has 0 fully saturated rings. The van der Waals surface area contributed by atoms with E-state index in [1.165, 1.54) is 6.26 Å². The van der Waals surface area contributed by atoms with Gasteiger partial charge in [0.25, 0.3) is 0 Å². The summed E-state index contributed by atoms with van der Waals surface area (Å²) in [5.41, 5.74) is 0.889. The number of carboxylic acids is 1. The second-order valence-electron chi connectivity index (χ2n) is 2.59. The van der Waals surface area contributed by atoms with Gasteiger partial charge < -0.3 is 9.63 Å². The summed E-state index contributed by atoms with van der Waals surface area (Å²) in [6, 6.07) is 1.79. The number of aromatic nitrogens is 1. The highest BCUT2D eigenvalue weighted by Gasteiger charge is 1.98. The normalized spacial score (nSPS) is 10.0. The van der Waals surface area contributed by atoms with Crippen LogP contribution in [0, 0.1) is 0 Å². The van der Waals surface area contributed by atoms with Crippen LogP contribution in [0.25, 0.3) is 0 Å². The van der Waals surface area contributed by atoms with Crippen LogP contribution in [0.2, 0.25) is 0 Å². The first-order chi connectivity index (χ1) is 5.79. The fourth-order valence-electron chi connectivity index (χ4n) is 0.949. The summed E-state index contributed by atoms with van der Waals surface area (Å²) in [4.78, 5) is 10.1. The molecule has 0 aliphatic heterocycles. The zero-order valence-electron chi connectivity index (χ0n) is 6.69. The summed E-state index contributed by atoms with van der Waals surface area (Å²) < 4.78 is 4.63. The van der Waals surface area contributed by atoms with Crippen LogP contribution in [0.1, 0.15) is 25.0 Å². The predicted octanol–water partition coefficient (Wildman–Crippen LogP) is 1.47. The fraction of sp³-hybridized carbons (Fsp3) is 0.500. The number of rotatable bonds is 5. The molecule has 4 heteroatoms. The van der Waals surface area contributed by atoms with Gasteiger partial charge in [-0.05, 0) is 19.3 Å². The van der Waals surface area contributed by atoms with Crippen molar-refractivity contribution < 1.29 is 14.4 Å². The Balaban J connectivity index is 2.07. The molecule has 0 aliphatic rings. The molecule has 0 unspecified atom stereocenters. The molecule has 0 saturated heterocycles. The summed E-state index contributed by atoms with van der Waals surface area (Å²) in [6.07, 6.45) is 4.09. The molecule has 1 aromatic heterocycles. The SMILES string of the molecule is O=C(O)CCCCc1ccon1. The second kappa shape index (κ2) is 4.54. The fourth-order valence-corrected chi connectivity index (χ4v) is 0.949. The van der Waals surface area contributed by atoms with Gasteiger partial charge in [0, 0.05) is 12.5 Å². The summed E-state index contributed by atoms with van der Waals surface area (Å²) >= 11 is 0. The molecule has 1 rings (SSSR count). The van der Waals surface area contributed by atoms with E-state index in [1.807, 2.05) is 0 Å². The van der Waals surface area contributed by atoms with E-state index in [0.717, 1.165) is 18.5 Å². The second-order valence-corrected chi connectivity index (χ2v) is 2.59. The van der Waals surface area contributed by atoms with Gasteiger partial charge in [-0.3, -0.25) is 4.79 Å². The van der Waals surface area contributed by atoms with E-state index in [2.05, 4.69) is 9.68 Å². The maximum atomic E-state index is 10.1. The van der Waals surface area contributed by atoms with Gasteiger partial charge in [-0.15, -0.1) is 0 Å². The molecule has 1 heterocycles. The van der Waals surface area contributed by atoms with E-state index in [9.17, 15) is 4.79 Å². The molecule has 1 aromatic rings. The highest BCUT2D eigenvalue weighted by Crippen LogP contribution is 2.03. The average Bonchev–Trinajstić information content (AvgIpc) is 2.49. The lowest BCUT2D eigenvalue weighted by atomic mass is 10.1. The van der Waals surface area contributed by atoms with Crippen LogP contribution in [0.3, 0.4) is 0 Å². The summed E-state index contributed by atoms with van der Waals surface area (Å²) in [5, 5.41) is 12.0. The third-order valence-corrected chi connectivity index (χ3v) is 1.56. The van der Waals surface area contributed by atoms with E-state index >= 15 is 0 Å². The van der Waals surface area contributed by atoms with Gasteiger partial charge >= 0.3 is 5.97 Å². The van der Waals surface area contributed by atoms with Gasteiger partial charge in [-0.2, -0.15) is 0 Å². The number of nitrogens with zero attached hydrogens (tertiary/aromatic N) is 1. The number of aryl methyl sites for hydroxylation is 1. The maximum absolute atomic E-state index is 10.1. The van der Waals surface area contributed by atoms with Crippen molar-refractivity contribution in [1.82, 2.24) is 5.16 Å². The van der Waals surface area contributed by atoms with Gasteiger partial charge in [-0.25, -0.2) is 0 Å². The van der Waals surface area contributed by atoms with Crippen molar-refractivity contribution in [2.24, 2.45) is 0 Å². The lowest BCUT2D eigenvalue weighted by Crippen LogP contribution is -1.94. The van der Waals surface area contributed by atoms with Gasteiger partial charge in [0.05, 0.1) is 5.69 Å². The van der Waals surface area contributed by atoms with Crippen LogP contribution in [-0.2, 0) is 11.2 Å². The molecule has 0 amide bonds. The Hall–Kier alpha value is -1.32. The first kappa shape index (κ1) is 8.77. The lowest BCUT2D eigenvalue weighted by molar-refractivity contribution is -0.137. The quantitative estimate of drug-likeness (QED) is 0.678. The predicted molar refractivity (Wildman–Crippen MR) is 41.7 cm³/mol. The number of hydrogen-bond donors (Lipinski definition) is 1. The Bertz CT molecular complexity index is 230. The van der Waals surface area contributed by atoms with E-state index in [1.54, 1.807) is 6.07 Å². The smallest absolute Gasteiger partial charge is 0.303 e. The highest BCUT2D eigenvalue weighted by atomic mass is 16.5. The number of carboxylic acid groups (broad SMARTS) is 1. The van der Waals surface area contributed by atoms with Crippen molar-refractivity contribution in [2.75, 3.05) is 0 Å². The topological polar surface area (TPSA) is 63.3 Å². The third-order valence-electron chi connectivity index (χ3n) is 1.56. The molecule has 0 bridgehead atoms. The Morgan fingerprint density at radius 3 is 3.00 bits per heavy atom. The molecule has 12 heavy (non-hydrogen) atoms. The molecule has 0 spiro atoms. The molecule has 0 aliphatic carbocycles. The minimum absolute atomic E-state index is 0.234. The van der Waals surface area contributed by atoms with Crippen molar-refractivity contribution in [1.29, 1.82) is 0 Å². The third kappa shape index (κ3) is 3.18. The van der Waals surface area contributed by atoms with Crippen molar-refractivity contribution in [2.45, 2.75) is 25.7 Å². The Kier molecular flexibility index (Phi) is 3.32. The lowest BCUT2D eigenvalue weighted by Gasteiger charge is -1.93. The molecule has 0 atom stereocenters. The van der Waals surface area contributed by atoms with Gasteiger partial charge in [-0.1, -0.05) is 5.16 Å². The summed E-state index contributed by atoms with van der Waals surface area (Å²) in [5.74, 6) is -0.741. The number of carbonyl (C=O) groups is 1. The van der Waals surface area contributed by atoms with E-state index in [0.29, 0.717) is 6.42 Å². The van der Waals surface area contributed by atoms with E-state index in [-0.39, 0.29) is 6.42 Å². The molecular weight excluding hydrogens is 158 g/mol. The standard InChI is InChI=1S/C8H11NO3/c10-8(11)4-2-1-3-7-5-6-12-9-7/h5-6H,1-4H2,(H,10,11). The summed E-state index contributed by atoms with van der Waals surface area (Å²) in [7, 11) is 0. The maximum Gasteiger partial charge on any atom is 0.303 e. The minimum Gasteiger partial charge on any atom is -0.481 e. The van der Waals surface area contributed by atoms with E-state index < -0.39 is 5.97 Å². The molecule has 66 valence electrons. The van der Waals surface area contributed by atoms with E-state index in [4.69, 9.17) is 5.11 Å². The van der Waals surface area contributed by atoms with Crippen molar-refractivity contribution >= 4 is 5.97 Å². The molecule has 0 radical (unpaired) electrons. The van der Waals surface area contributed by atoms with Crippen molar-refractivity contribution in [3.63, 3.8) is 0 Å². The largest absolute Gasteiger partial charge is 0.481 e. The zero-order valence-corrected chi connectivity index (χ0v) is 6.69. The molecule has 0 aromatic carbocycles. The van der Waals surface area contributed by atoms with Crippen LogP contribution in [0.4, 0.5) is 0 Å². The van der Waals surface area contributed by atoms with Crippen LogP contribution in [0.15, 0.2) is 16.9 Å². The number of aliphatic carboxylic acids is 1. The summed E-state index contributed by atoms with van der Waals surface area (Å²) in [6.45, 7) is 0. The van der Waals surface area contributed by atoms with Gasteiger partial charge in [0.1, 0.15) is 6.26 Å². The average molecular weight is 169 g/mol. The van der Waals surface area contributed by atoms with Gasteiger partial charge in [0.2, 0.25) is 0 Å².